The first-order chi connectivity index (χ1) is 8.19. The van der Waals surface area contributed by atoms with E-state index in [0.717, 1.165) is 18.3 Å². The normalized spacial score (nSPS) is 25.4. The Kier molecular flexibility index (Phi) is 4.12. The summed E-state index contributed by atoms with van der Waals surface area (Å²) in [6.07, 6.45) is 5.25. The van der Waals surface area contributed by atoms with Crippen molar-refractivity contribution < 1.29 is 4.52 Å². The molecule has 1 aromatic heterocycles. The van der Waals surface area contributed by atoms with E-state index in [9.17, 15) is 0 Å². The molecule has 17 heavy (non-hydrogen) atoms. The van der Waals surface area contributed by atoms with Crippen molar-refractivity contribution in [3.8, 4) is 0 Å². The Labute approximate surface area is 102 Å². The van der Waals surface area contributed by atoms with Crippen LogP contribution in [0, 0.1) is 5.92 Å². The number of nitrogens with two attached hydrogens (primary N) is 1. The van der Waals surface area contributed by atoms with Crippen LogP contribution in [0.2, 0.25) is 0 Å². The third-order valence-electron chi connectivity index (χ3n) is 3.61. The predicted octanol–water partition coefficient (Wildman–Crippen LogP) is 1.54. The molecule has 0 saturated heterocycles. The number of hydrogen-bond acceptors (Lipinski definition) is 5. The fraction of sp³-hybridized carbons (Fsp3) is 0.833. The van der Waals surface area contributed by atoms with E-state index in [2.05, 4.69) is 29.0 Å². The molecule has 5 heteroatoms. The summed E-state index contributed by atoms with van der Waals surface area (Å²) in [5.41, 5.74) is 5.45. The molecule has 1 aliphatic carbocycles. The Morgan fingerprint density at radius 1 is 1.47 bits per heavy atom. The minimum absolute atomic E-state index is 0.317. The molecule has 0 aromatic carbocycles. The molecular formula is C12H22N4O. The minimum atomic E-state index is 0.317. The van der Waals surface area contributed by atoms with Crippen LogP contribution >= 0.6 is 0 Å². The second-order valence-corrected chi connectivity index (χ2v) is 5.15. The molecule has 1 aromatic rings. The van der Waals surface area contributed by atoms with E-state index >= 15 is 0 Å². The summed E-state index contributed by atoms with van der Waals surface area (Å²) in [5.74, 6) is 2.10. The molecular weight excluding hydrogens is 216 g/mol. The van der Waals surface area contributed by atoms with Gasteiger partial charge in [-0.2, -0.15) is 4.98 Å². The van der Waals surface area contributed by atoms with Crippen molar-refractivity contribution in [1.29, 1.82) is 0 Å². The lowest BCUT2D eigenvalue weighted by Crippen LogP contribution is -2.35. The Balaban J connectivity index is 1.89. The quantitative estimate of drug-likeness (QED) is 0.861. The van der Waals surface area contributed by atoms with Gasteiger partial charge in [0.25, 0.3) is 0 Å². The topological polar surface area (TPSA) is 68.2 Å². The highest BCUT2D eigenvalue weighted by atomic mass is 16.5. The summed E-state index contributed by atoms with van der Waals surface area (Å²) in [4.78, 5) is 6.57. The molecule has 1 aliphatic rings. The lowest BCUT2D eigenvalue weighted by Gasteiger charge is -2.33. The lowest BCUT2D eigenvalue weighted by molar-refractivity contribution is 0.153. The van der Waals surface area contributed by atoms with E-state index < -0.39 is 0 Å². The van der Waals surface area contributed by atoms with Crippen molar-refractivity contribution in [2.45, 2.75) is 51.7 Å². The average molecular weight is 238 g/mol. The number of rotatable bonds is 4. The van der Waals surface area contributed by atoms with Crippen LogP contribution in [0.25, 0.3) is 0 Å². The van der Waals surface area contributed by atoms with Crippen LogP contribution in [0.15, 0.2) is 4.52 Å². The highest BCUT2D eigenvalue weighted by molar-refractivity contribution is 4.87. The number of hydrogen-bond donors (Lipinski definition) is 1. The Morgan fingerprint density at radius 2 is 2.29 bits per heavy atom. The van der Waals surface area contributed by atoms with Gasteiger partial charge in [0, 0.05) is 6.04 Å². The zero-order valence-electron chi connectivity index (χ0n) is 10.7. The fourth-order valence-corrected chi connectivity index (χ4v) is 2.59. The van der Waals surface area contributed by atoms with Gasteiger partial charge in [-0.05, 0) is 25.8 Å². The Hall–Kier alpha value is -0.940. The predicted molar refractivity (Wildman–Crippen MR) is 65.1 cm³/mol. The second-order valence-electron chi connectivity index (χ2n) is 5.15. The maximum atomic E-state index is 5.45. The van der Waals surface area contributed by atoms with E-state index in [-0.39, 0.29) is 0 Å². The number of aromatic nitrogens is 2. The summed E-state index contributed by atoms with van der Waals surface area (Å²) in [7, 11) is 2.14. The summed E-state index contributed by atoms with van der Waals surface area (Å²) < 4.78 is 5.01. The zero-order valence-corrected chi connectivity index (χ0v) is 10.7. The summed E-state index contributed by atoms with van der Waals surface area (Å²) in [6.45, 7) is 3.40. The molecule has 1 heterocycles. The third kappa shape index (κ3) is 3.26. The van der Waals surface area contributed by atoms with Gasteiger partial charge in [0.15, 0.2) is 5.82 Å². The van der Waals surface area contributed by atoms with E-state index in [1.54, 1.807) is 0 Å². The van der Waals surface area contributed by atoms with Crippen LogP contribution in [0.4, 0.5) is 0 Å². The largest absolute Gasteiger partial charge is 0.338 e. The Bertz CT molecular complexity index is 352. The molecule has 0 radical (unpaired) electrons. The average Bonchev–Trinajstić information content (AvgIpc) is 2.77. The van der Waals surface area contributed by atoms with Crippen molar-refractivity contribution >= 4 is 0 Å². The number of nitrogens with zero attached hydrogens (tertiary/aromatic N) is 3. The van der Waals surface area contributed by atoms with Crippen LogP contribution < -0.4 is 5.73 Å². The maximum absolute atomic E-state index is 5.45. The maximum Gasteiger partial charge on any atom is 0.240 e. The van der Waals surface area contributed by atoms with Crippen LogP contribution in [-0.4, -0.2) is 28.1 Å². The first-order valence-electron chi connectivity index (χ1n) is 6.40. The molecule has 2 atom stereocenters. The summed E-state index contributed by atoms with van der Waals surface area (Å²) in [5, 5.41) is 3.93. The molecule has 0 bridgehead atoms. The molecule has 1 saturated carbocycles. The minimum Gasteiger partial charge on any atom is -0.338 e. The van der Waals surface area contributed by atoms with Gasteiger partial charge in [-0.1, -0.05) is 24.9 Å². The van der Waals surface area contributed by atoms with E-state index in [4.69, 9.17) is 10.3 Å². The molecule has 5 nitrogen and oxygen atoms in total. The molecule has 1 fully saturated rings. The van der Waals surface area contributed by atoms with Crippen molar-refractivity contribution in [2.75, 3.05) is 7.05 Å². The first kappa shape index (κ1) is 12.5. The third-order valence-corrected chi connectivity index (χ3v) is 3.61. The smallest absolute Gasteiger partial charge is 0.240 e. The van der Waals surface area contributed by atoms with Gasteiger partial charge in [-0.15, -0.1) is 0 Å². The highest BCUT2D eigenvalue weighted by Crippen LogP contribution is 2.27. The Morgan fingerprint density at radius 3 is 2.94 bits per heavy atom. The van der Waals surface area contributed by atoms with Gasteiger partial charge in [0.1, 0.15) is 0 Å². The van der Waals surface area contributed by atoms with E-state index in [0.29, 0.717) is 18.5 Å². The monoisotopic (exact) mass is 238 g/mol. The molecule has 0 spiro atoms. The van der Waals surface area contributed by atoms with Crippen molar-refractivity contribution in [3.63, 3.8) is 0 Å². The van der Waals surface area contributed by atoms with Crippen molar-refractivity contribution in [1.82, 2.24) is 15.0 Å². The molecule has 0 aliphatic heterocycles. The molecule has 2 unspecified atom stereocenters. The van der Waals surface area contributed by atoms with Gasteiger partial charge >= 0.3 is 0 Å². The van der Waals surface area contributed by atoms with Gasteiger partial charge in [-0.3, -0.25) is 4.90 Å². The van der Waals surface area contributed by atoms with Gasteiger partial charge in [0.05, 0.1) is 13.1 Å². The van der Waals surface area contributed by atoms with Gasteiger partial charge in [-0.25, -0.2) is 0 Å². The van der Waals surface area contributed by atoms with E-state index in [1.807, 2.05) is 0 Å². The molecule has 2 rings (SSSR count). The molecule has 96 valence electrons. The zero-order chi connectivity index (χ0) is 12.3. The second kappa shape index (κ2) is 5.60. The molecule has 0 amide bonds. The van der Waals surface area contributed by atoms with Crippen LogP contribution in [0.5, 0.6) is 0 Å². The highest BCUT2D eigenvalue weighted by Gasteiger charge is 2.23. The summed E-state index contributed by atoms with van der Waals surface area (Å²) >= 11 is 0. The van der Waals surface area contributed by atoms with Crippen LogP contribution in [-0.2, 0) is 13.1 Å². The van der Waals surface area contributed by atoms with Crippen LogP contribution in [0.3, 0.4) is 0 Å². The first-order valence-corrected chi connectivity index (χ1v) is 6.40. The van der Waals surface area contributed by atoms with E-state index in [1.165, 1.54) is 25.7 Å². The van der Waals surface area contributed by atoms with Crippen molar-refractivity contribution in [3.05, 3.63) is 11.7 Å². The lowest BCUT2D eigenvalue weighted by atomic mass is 9.86. The summed E-state index contributed by atoms with van der Waals surface area (Å²) in [6, 6.07) is 0.651. The van der Waals surface area contributed by atoms with Gasteiger partial charge < -0.3 is 10.3 Å². The standard InChI is InChI=1S/C12H22N4O/c1-9-4-3-5-10(6-9)16(2)8-11-14-12(7-13)17-15-11/h9-10H,3-8,13H2,1-2H3. The van der Waals surface area contributed by atoms with Gasteiger partial charge in [0.2, 0.25) is 5.89 Å². The van der Waals surface area contributed by atoms with Crippen LogP contribution in [0.1, 0.15) is 44.3 Å². The molecule has 2 N–H and O–H groups in total. The van der Waals surface area contributed by atoms with Crippen molar-refractivity contribution in [2.24, 2.45) is 11.7 Å². The fourth-order valence-electron chi connectivity index (χ4n) is 2.59. The SMILES string of the molecule is CC1CCCC(N(C)Cc2noc(CN)n2)C1.